The van der Waals surface area contributed by atoms with Gasteiger partial charge in [-0.3, -0.25) is 0 Å². The molecule has 1 unspecified atom stereocenters. The van der Waals surface area contributed by atoms with Gasteiger partial charge < -0.3 is 19.8 Å². The van der Waals surface area contributed by atoms with Crippen LogP contribution in [0.3, 0.4) is 0 Å². The number of hydrogen-bond donors (Lipinski definition) is 2. The summed E-state index contributed by atoms with van der Waals surface area (Å²) in [6.45, 7) is 1.93. The minimum absolute atomic E-state index is 0.0952. The average Bonchev–Trinajstić information content (AvgIpc) is 2.46. The summed E-state index contributed by atoms with van der Waals surface area (Å²) in [5.41, 5.74) is 1.49. The van der Waals surface area contributed by atoms with Crippen LogP contribution in [0.2, 0.25) is 0 Å². The van der Waals surface area contributed by atoms with Gasteiger partial charge in [0.25, 0.3) is 0 Å². The van der Waals surface area contributed by atoms with Gasteiger partial charge in [-0.05, 0) is 43.3 Å². The van der Waals surface area contributed by atoms with E-state index in [1.54, 1.807) is 25.3 Å². The smallest absolute Gasteiger partial charge is 0.124 e. The molecule has 20 heavy (non-hydrogen) atoms. The Morgan fingerprint density at radius 2 is 1.55 bits per heavy atom. The quantitative estimate of drug-likeness (QED) is 0.897. The first-order valence-electron chi connectivity index (χ1n) is 6.42. The topological polar surface area (TPSA) is 52.9 Å². The van der Waals surface area contributed by atoms with Crippen molar-refractivity contribution in [3.05, 3.63) is 48.0 Å². The van der Waals surface area contributed by atoms with E-state index in [2.05, 4.69) is 0 Å². The van der Waals surface area contributed by atoms with Crippen LogP contribution in [0.15, 0.2) is 42.5 Å². The van der Waals surface area contributed by atoms with Gasteiger partial charge in [-0.25, -0.2) is 0 Å². The fraction of sp³-hybridized carbons (Fsp3) is 0.250. The molecule has 0 spiro atoms. The van der Waals surface area contributed by atoms with Crippen molar-refractivity contribution < 1.29 is 14.9 Å². The highest BCUT2D eigenvalue weighted by Gasteiger charge is 2.19. The summed E-state index contributed by atoms with van der Waals surface area (Å²) >= 11 is 0. The lowest BCUT2D eigenvalue weighted by atomic mass is 10.0. The summed E-state index contributed by atoms with van der Waals surface area (Å²) in [6.07, 6.45) is 0. The second-order valence-corrected chi connectivity index (χ2v) is 4.69. The molecule has 4 nitrogen and oxygen atoms in total. The highest BCUT2D eigenvalue weighted by molar-refractivity contribution is 5.54. The predicted molar refractivity (Wildman–Crippen MR) is 79.6 cm³/mol. The van der Waals surface area contributed by atoms with Crippen LogP contribution in [0.5, 0.6) is 17.2 Å². The summed E-state index contributed by atoms with van der Waals surface area (Å²) in [5.74, 6) is 0.982. The molecule has 0 saturated carbocycles. The average molecular weight is 273 g/mol. The van der Waals surface area contributed by atoms with Crippen LogP contribution in [0.25, 0.3) is 0 Å². The summed E-state index contributed by atoms with van der Waals surface area (Å²) in [4.78, 5) is 1.98. The zero-order valence-electron chi connectivity index (χ0n) is 11.9. The third-order valence-electron chi connectivity index (χ3n) is 3.54. The van der Waals surface area contributed by atoms with Gasteiger partial charge in [-0.2, -0.15) is 0 Å². The normalized spacial score (nSPS) is 11.9. The highest BCUT2D eigenvalue weighted by atomic mass is 16.5. The maximum atomic E-state index is 9.93. The lowest BCUT2D eigenvalue weighted by Gasteiger charge is -2.28. The number of methoxy groups -OCH3 is 1. The lowest BCUT2D eigenvalue weighted by molar-refractivity contribution is 0.414. The van der Waals surface area contributed by atoms with Crippen molar-refractivity contribution in [3.63, 3.8) is 0 Å². The zero-order valence-corrected chi connectivity index (χ0v) is 11.9. The molecule has 0 aromatic heterocycles. The molecule has 4 heteroatoms. The minimum Gasteiger partial charge on any atom is -0.507 e. The second-order valence-electron chi connectivity index (χ2n) is 4.69. The Kier molecular flexibility index (Phi) is 4.03. The first-order valence-corrected chi connectivity index (χ1v) is 6.42. The van der Waals surface area contributed by atoms with E-state index in [0.29, 0.717) is 5.56 Å². The molecule has 0 radical (unpaired) electrons. The van der Waals surface area contributed by atoms with Crippen LogP contribution in [0.1, 0.15) is 18.5 Å². The van der Waals surface area contributed by atoms with E-state index in [-0.39, 0.29) is 17.5 Å². The molecular weight excluding hydrogens is 254 g/mol. The van der Waals surface area contributed by atoms with Crippen molar-refractivity contribution in [2.24, 2.45) is 0 Å². The molecular formula is C16H19NO3. The third-order valence-corrected chi connectivity index (χ3v) is 3.54. The zero-order chi connectivity index (χ0) is 14.7. The SMILES string of the molecule is COc1ccc(N(C)C(C)c2c(O)cccc2O)cc1. The standard InChI is InChI=1S/C16H19NO3/c1-11(16-14(18)5-4-6-15(16)19)17(2)12-7-9-13(20-3)10-8-12/h4-11,18-19H,1-3H3. The van der Waals surface area contributed by atoms with Gasteiger partial charge in [-0.1, -0.05) is 6.07 Å². The summed E-state index contributed by atoms with van der Waals surface area (Å²) in [6, 6.07) is 12.2. The number of hydrogen-bond acceptors (Lipinski definition) is 4. The number of phenolic OH excluding ortho intramolecular Hbond substituents is 2. The van der Waals surface area contributed by atoms with Crippen molar-refractivity contribution in [1.29, 1.82) is 0 Å². The Labute approximate surface area is 118 Å². The van der Waals surface area contributed by atoms with Crippen LogP contribution in [0.4, 0.5) is 5.69 Å². The minimum atomic E-state index is -0.162. The predicted octanol–water partition coefficient (Wildman–Crippen LogP) is 3.30. The van der Waals surface area contributed by atoms with Gasteiger partial charge in [-0.15, -0.1) is 0 Å². The summed E-state index contributed by atoms with van der Waals surface area (Å²) in [5, 5.41) is 19.9. The van der Waals surface area contributed by atoms with E-state index >= 15 is 0 Å². The maximum Gasteiger partial charge on any atom is 0.124 e. The van der Waals surface area contributed by atoms with Crippen molar-refractivity contribution in [2.45, 2.75) is 13.0 Å². The first-order chi connectivity index (χ1) is 9.54. The molecule has 0 aliphatic heterocycles. The van der Waals surface area contributed by atoms with E-state index in [4.69, 9.17) is 4.74 Å². The summed E-state index contributed by atoms with van der Waals surface area (Å²) in [7, 11) is 3.54. The Bertz CT molecular complexity index is 561. The van der Waals surface area contributed by atoms with E-state index in [9.17, 15) is 10.2 Å². The van der Waals surface area contributed by atoms with Crippen LogP contribution >= 0.6 is 0 Å². The number of rotatable bonds is 4. The van der Waals surface area contributed by atoms with Crippen LogP contribution < -0.4 is 9.64 Å². The number of anilines is 1. The molecule has 2 N–H and O–H groups in total. The lowest BCUT2D eigenvalue weighted by Crippen LogP contribution is -2.21. The molecule has 2 aromatic rings. The molecule has 2 rings (SSSR count). The highest BCUT2D eigenvalue weighted by Crippen LogP contribution is 2.36. The van der Waals surface area contributed by atoms with Gasteiger partial charge in [0.1, 0.15) is 17.2 Å². The molecule has 0 fully saturated rings. The molecule has 2 aromatic carbocycles. The first kappa shape index (κ1) is 14.1. The van der Waals surface area contributed by atoms with Crippen LogP contribution in [-0.2, 0) is 0 Å². The van der Waals surface area contributed by atoms with Crippen LogP contribution in [0, 0.1) is 0 Å². The fourth-order valence-corrected chi connectivity index (χ4v) is 2.20. The Hall–Kier alpha value is -2.36. The number of phenols is 2. The van der Waals surface area contributed by atoms with Gasteiger partial charge in [0.05, 0.1) is 18.7 Å². The van der Waals surface area contributed by atoms with Gasteiger partial charge in [0.2, 0.25) is 0 Å². The van der Waals surface area contributed by atoms with Crippen molar-refractivity contribution in [3.8, 4) is 17.2 Å². The molecule has 0 heterocycles. The Balaban J connectivity index is 2.29. The maximum absolute atomic E-state index is 9.93. The van der Waals surface area contributed by atoms with Crippen molar-refractivity contribution in [1.82, 2.24) is 0 Å². The van der Waals surface area contributed by atoms with E-state index in [1.165, 1.54) is 0 Å². The Morgan fingerprint density at radius 1 is 1.00 bits per heavy atom. The molecule has 0 aliphatic rings. The van der Waals surface area contributed by atoms with E-state index in [0.717, 1.165) is 11.4 Å². The third kappa shape index (κ3) is 2.64. The number of aromatic hydroxyl groups is 2. The summed E-state index contributed by atoms with van der Waals surface area (Å²) < 4.78 is 5.13. The molecule has 0 saturated heterocycles. The molecule has 0 aliphatic carbocycles. The van der Waals surface area contributed by atoms with Crippen molar-refractivity contribution >= 4 is 5.69 Å². The molecule has 0 bridgehead atoms. The van der Waals surface area contributed by atoms with E-state index < -0.39 is 0 Å². The number of benzene rings is 2. The monoisotopic (exact) mass is 273 g/mol. The molecule has 1 atom stereocenters. The second kappa shape index (κ2) is 5.74. The molecule has 0 amide bonds. The van der Waals surface area contributed by atoms with Gasteiger partial charge >= 0.3 is 0 Å². The number of ether oxygens (including phenoxy) is 1. The van der Waals surface area contributed by atoms with Gasteiger partial charge in [0, 0.05) is 12.7 Å². The van der Waals surface area contributed by atoms with Crippen molar-refractivity contribution in [2.75, 3.05) is 19.1 Å². The van der Waals surface area contributed by atoms with Gasteiger partial charge in [0.15, 0.2) is 0 Å². The fourth-order valence-electron chi connectivity index (χ4n) is 2.20. The van der Waals surface area contributed by atoms with Crippen LogP contribution in [-0.4, -0.2) is 24.4 Å². The Morgan fingerprint density at radius 3 is 2.05 bits per heavy atom. The number of nitrogens with zero attached hydrogens (tertiary/aromatic N) is 1. The van der Waals surface area contributed by atoms with E-state index in [1.807, 2.05) is 43.1 Å². The largest absolute Gasteiger partial charge is 0.507 e. The molecule has 106 valence electrons.